The zero-order valence-electron chi connectivity index (χ0n) is 15.1. The number of fused-ring (bicyclic) bond motifs is 1. The van der Waals surface area contributed by atoms with Crippen LogP contribution < -0.4 is 10.2 Å². The Balaban J connectivity index is 1.25. The van der Waals surface area contributed by atoms with Crippen molar-refractivity contribution in [3.8, 4) is 0 Å². The quantitative estimate of drug-likeness (QED) is 0.744. The molecule has 0 spiro atoms. The van der Waals surface area contributed by atoms with Crippen LogP contribution in [0.4, 0.5) is 14.9 Å². The second-order valence-corrected chi connectivity index (χ2v) is 6.79. The minimum atomic E-state index is -0.230. The van der Waals surface area contributed by atoms with Gasteiger partial charge in [-0.15, -0.1) is 0 Å². The molecule has 0 aliphatic carbocycles. The number of amides is 2. The van der Waals surface area contributed by atoms with E-state index in [1.807, 2.05) is 23.2 Å². The van der Waals surface area contributed by atoms with Crippen LogP contribution in [0.5, 0.6) is 0 Å². The maximum atomic E-state index is 13.0. The lowest BCUT2D eigenvalue weighted by molar-refractivity contribution is 0.194. The van der Waals surface area contributed by atoms with Crippen LogP contribution in [0, 0.1) is 5.82 Å². The summed E-state index contributed by atoms with van der Waals surface area (Å²) in [5, 5.41) is 4.23. The van der Waals surface area contributed by atoms with Crippen molar-refractivity contribution in [2.75, 3.05) is 37.6 Å². The normalized spacial score (nSPS) is 14.6. The van der Waals surface area contributed by atoms with E-state index in [1.54, 1.807) is 12.1 Å². The van der Waals surface area contributed by atoms with Crippen molar-refractivity contribution >= 4 is 22.6 Å². The molecule has 2 aromatic carbocycles. The third-order valence-electron chi connectivity index (χ3n) is 5.10. The number of anilines is 1. The largest absolute Gasteiger partial charge is 0.368 e. The van der Waals surface area contributed by atoms with Gasteiger partial charge in [-0.25, -0.2) is 9.18 Å². The Morgan fingerprint density at radius 2 is 1.78 bits per heavy atom. The maximum Gasteiger partial charge on any atom is 0.317 e. The highest BCUT2D eigenvalue weighted by Gasteiger charge is 2.21. The smallest absolute Gasteiger partial charge is 0.317 e. The lowest BCUT2D eigenvalue weighted by Gasteiger charge is -2.36. The summed E-state index contributed by atoms with van der Waals surface area (Å²) in [6.45, 7) is 3.44. The van der Waals surface area contributed by atoms with E-state index in [0.717, 1.165) is 30.7 Å². The SMILES string of the molecule is O=C(NCCc1c[nH]c2ccccc12)N1CCN(c2ccc(F)cc2)CC1. The van der Waals surface area contributed by atoms with Gasteiger partial charge in [-0.1, -0.05) is 18.2 Å². The number of urea groups is 1. The van der Waals surface area contributed by atoms with Crippen molar-refractivity contribution in [3.63, 3.8) is 0 Å². The summed E-state index contributed by atoms with van der Waals surface area (Å²) < 4.78 is 13.0. The monoisotopic (exact) mass is 366 g/mol. The first kappa shape index (κ1) is 17.4. The van der Waals surface area contributed by atoms with Gasteiger partial charge in [0.2, 0.25) is 0 Å². The summed E-state index contributed by atoms with van der Waals surface area (Å²) in [5.74, 6) is -0.230. The number of nitrogens with zero attached hydrogens (tertiary/aromatic N) is 2. The number of hydrogen-bond donors (Lipinski definition) is 2. The molecule has 5 nitrogen and oxygen atoms in total. The molecule has 0 saturated carbocycles. The molecule has 3 aromatic rings. The fourth-order valence-electron chi connectivity index (χ4n) is 3.57. The molecule has 4 rings (SSSR count). The van der Waals surface area contributed by atoms with Crippen LogP contribution in [-0.4, -0.2) is 48.6 Å². The van der Waals surface area contributed by atoms with Crippen molar-refractivity contribution in [2.24, 2.45) is 0 Å². The number of piperazine rings is 1. The average Bonchev–Trinajstić information content (AvgIpc) is 3.12. The third kappa shape index (κ3) is 3.89. The van der Waals surface area contributed by atoms with E-state index in [9.17, 15) is 9.18 Å². The van der Waals surface area contributed by atoms with Gasteiger partial charge >= 0.3 is 6.03 Å². The van der Waals surface area contributed by atoms with E-state index in [2.05, 4.69) is 27.3 Å². The fraction of sp³-hybridized carbons (Fsp3) is 0.286. The molecular formula is C21H23FN4O. The molecule has 1 aliphatic rings. The van der Waals surface area contributed by atoms with Crippen LogP contribution in [0.25, 0.3) is 10.9 Å². The number of halogens is 1. The molecule has 1 aromatic heterocycles. The van der Waals surface area contributed by atoms with Gasteiger partial charge in [0.05, 0.1) is 0 Å². The second-order valence-electron chi connectivity index (χ2n) is 6.79. The van der Waals surface area contributed by atoms with E-state index < -0.39 is 0 Å². The Kier molecular flexibility index (Phi) is 4.96. The van der Waals surface area contributed by atoms with Gasteiger partial charge in [-0.05, 0) is 42.3 Å². The number of aromatic nitrogens is 1. The summed E-state index contributed by atoms with van der Waals surface area (Å²) in [4.78, 5) is 19.7. The van der Waals surface area contributed by atoms with Gasteiger partial charge in [0.15, 0.2) is 0 Å². The molecular weight excluding hydrogens is 343 g/mol. The first-order valence-electron chi connectivity index (χ1n) is 9.29. The Morgan fingerprint density at radius 3 is 2.56 bits per heavy atom. The lowest BCUT2D eigenvalue weighted by Crippen LogP contribution is -2.52. The zero-order chi connectivity index (χ0) is 18.6. The molecule has 2 N–H and O–H groups in total. The zero-order valence-corrected chi connectivity index (χ0v) is 15.1. The van der Waals surface area contributed by atoms with E-state index in [-0.39, 0.29) is 11.8 Å². The minimum Gasteiger partial charge on any atom is -0.368 e. The number of aromatic amines is 1. The standard InChI is InChI=1S/C21H23FN4O/c22-17-5-7-18(8-6-17)25-11-13-26(14-12-25)21(27)23-10-9-16-15-24-20-4-2-1-3-19(16)20/h1-8,15,24H,9-14H2,(H,23,27). The van der Waals surface area contributed by atoms with E-state index >= 15 is 0 Å². The predicted octanol–water partition coefficient (Wildman–Crippen LogP) is 3.38. The summed E-state index contributed by atoms with van der Waals surface area (Å²) in [5.41, 5.74) is 3.33. The Bertz CT molecular complexity index is 913. The number of nitrogens with one attached hydrogen (secondary N) is 2. The Morgan fingerprint density at radius 1 is 1.04 bits per heavy atom. The number of benzene rings is 2. The van der Waals surface area contributed by atoms with Crippen LogP contribution >= 0.6 is 0 Å². The Labute approximate surface area is 157 Å². The molecule has 1 saturated heterocycles. The topological polar surface area (TPSA) is 51.4 Å². The highest BCUT2D eigenvalue weighted by Crippen LogP contribution is 2.18. The van der Waals surface area contributed by atoms with Gasteiger partial charge < -0.3 is 20.1 Å². The summed E-state index contributed by atoms with van der Waals surface area (Å²) >= 11 is 0. The van der Waals surface area contributed by atoms with Gasteiger partial charge in [0, 0.05) is 55.5 Å². The van der Waals surface area contributed by atoms with Crippen molar-refractivity contribution in [3.05, 3.63) is 66.1 Å². The molecule has 140 valence electrons. The van der Waals surface area contributed by atoms with Crippen LogP contribution in [0.3, 0.4) is 0 Å². The van der Waals surface area contributed by atoms with E-state index in [0.29, 0.717) is 19.6 Å². The first-order valence-corrected chi connectivity index (χ1v) is 9.29. The number of para-hydroxylation sites is 1. The van der Waals surface area contributed by atoms with Gasteiger partial charge in [-0.2, -0.15) is 0 Å². The molecule has 0 radical (unpaired) electrons. The highest BCUT2D eigenvalue weighted by atomic mass is 19.1. The molecule has 0 bridgehead atoms. The summed E-state index contributed by atoms with van der Waals surface area (Å²) in [6.07, 6.45) is 2.81. The van der Waals surface area contributed by atoms with Gasteiger partial charge in [-0.3, -0.25) is 0 Å². The summed E-state index contributed by atoms with van der Waals surface area (Å²) in [7, 11) is 0. The highest BCUT2D eigenvalue weighted by molar-refractivity contribution is 5.83. The number of carbonyl (C=O) groups excluding carboxylic acids is 1. The molecule has 27 heavy (non-hydrogen) atoms. The number of hydrogen-bond acceptors (Lipinski definition) is 2. The van der Waals surface area contributed by atoms with Crippen LogP contribution in [0.15, 0.2) is 54.7 Å². The molecule has 2 amide bonds. The van der Waals surface area contributed by atoms with E-state index in [1.165, 1.54) is 23.1 Å². The average molecular weight is 366 g/mol. The molecule has 0 atom stereocenters. The predicted molar refractivity (Wildman–Crippen MR) is 106 cm³/mol. The van der Waals surface area contributed by atoms with Gasteiger partial charge in [0.25, 0.3) is 0 Å². The Hall–Kier alpha value is -3.02. The van der Waals surface area contributed by atoms with Crippen LogP contribution in [-0.2, 0) is 6.42 Å². The first-order chi connectivity index (χ1) is 13.2. The molecule has 6 heteroatoms. The minimum absolute atomic E-state index is 0.0198. The molecule has 2 heterocycles. The second kappa shape index (κ2) is 7.70. The maximum absolute atomic E-state index is 13.0. The van der Waals surface area contributed by atoms with Crippen LogP contribution in [0.2, 0.25) is 0 Å². The number of carbonyl (C=O) groups is 1. The van der Waals surface area contributed by atoms with Crippen molar-refractivity contribution in [2.45, 2.75) is 6.42 Å². The van der Waals surface area contributed by atoms with Crippen molar-refractivity contribution < 1.29 is 9.18 Å². The van der Waals surface area contributed by atoms with Crippen LogP contribution in [0.1, 0.15) is 5.56 Å². The fourth-order valence-corrected chi connectivity index (χ4v) is 3.57. The van der Waals surface area contributed by atoms with E-state index in [4.69, 9.17) is 0 Å². The molecule has 1 fully saturated rings. The lowest BCUT2D eigenvalue weighted by atomic mass is 10.1. The number of rotatable bonds is 4. The molecule has 1 aliphatic heterocycles. The van der Waals surface area contributed by atoms with Gasteiger partial charge in [0.1, 0.15) is 5.82 Å². The summed E-state index contributed by atoms with van der Waals surface area (Å²) in [6, 6.07) is 14.7. The van der Waals surface area contributed by atoms with Crippen molar-refractivity contribution in [1.29, 1.82) is 0 Å². The van der Waals surface area contributed by atoms with Crippen molar-refractivity contribution in [1.82, 2.24) is 15.2 Å². The third-order valence-corrected chi connectivity index (χ3v) is 5.10. The number of H-pyrrole nitrogens is 1. The molecule has 0 unspecified atom stereocenters.